The van der Waals surface area contributed by atoms with Gasteiger partial charge in [-0.2, -0.15) is 39.5 Å². The van der Waals surface area contributed by atoms with E-state index in [1.54, 1.807) is 17.1 Å². The summed E-state index contributed by atoms with van der Waals surface area (Å²) in [6.07, 6.45) is 3.65. The lowest BCUT2D eigenvalue weighted by Crippen LogP contribution is -2.60. The number of nitro groups is 1. The molecule has 0 bridgehead atoms. The summed E-state index contributed by atoms with van der Waals surface area (Å²) in [5.74, 6) is -19.2. The first-order valence-corrected chi connectivity index (χ1v) is 19.9. The summed E-state index contributed by atoms with van der Waals surface area (Å²) < 4.78 is 119. The average Bonchev–Trinajstić information content (AvgIpc) is 3.26. The second kappa shape index (κ2) is 20.6. The minimum atomic E-state index is -6.91. The van der Waals surface area contributed by atoms with Gasteiger partial charge >= 0.3 is 23.9 Å². The molecule has 0 aliphatic rings. The molecule has 0 unspecified atom stereocenters. The fourth-order valence-electron chi connectivity index (χ4n) is 6.22. The summed E-state index contributed by atoms with van der Waals surface area (Å²) in [7, 11) is 0. The lowest BCUT2D eigenvalue weighted by atomic mass is 9.97. The first kappa shape index (κ1) is 47.5. The monoisotopic (exact) mass is 878 g/mol. The maximum absolute atomic E-state index is 14.0. The van der Waals surface area contributed by atoms with Crippen LogP contribution >= 0.6 is 0 Å². The molecule has 15 heteroatoms. The third-order valence-corrected chi connectivity index (χ3v) is 9.95. The molecule has 0 saturated carbocycles. The zero-order valence-electron chi connectivity index (χ0n) is 34.2. The highest BCUT2D eigenvalue weighted by atomic mass is 19.4. The van der Waals surface area contributed by atoms with Crippen LogP contribution in [0.1, 0.15) is 76.8 Å². The van der Waals surface area contributed by atoms with Crippen molar-refractivity contribution in [3.63, 3.8) is 0 Å². The molecule has 0 radical (unpaired) electrons. The Labute approximate surface area is 358 Å². The molecule has 0 aromatic heterocycles. The maximum Gasteiger partial charge on any atom is 0.460 e. The average molecular weight is 879 g/mol. The van der Waals surface area contributed by atoms with Crippen molar-refractivity contribution in [3.8, 4) is 0 Å². The van der Waals surface area contributed by atoms with Gasteiger partial charge in [0.15, 0.2) is 0 Å². The van der Waals surface area contributed by atoms with Crippen molar-refractivity contribution in [2.24, 2.45) is 10.3 Å². The Hall–Kier alpha value is -6.51. The molecule has 0 aliphatic heterocycles. The molecule has 5 aromatic rings. The van der Waals surface area contributed by atoms with E-state index in [0.717, 1.165) is 38.9 Å². The molecule has 330 valence electrons. The smallest absolute Gasteiger partial charge is 0.274 e. The van der Waals surface area contributed by atoms with E-state index in [-0.39, 0.29) is 17.8 Å². The molecule has 6 nitrogen and oxygen atoms in total. The molecule has 0 atom stereocenters. The number of nitro benzene ring substituents is 1. The molecule has 0 spiro atoms. The largest absolute Gasteiger partial charge is 0.460 e. The predicted octanol–water partition coefficient (Wildman–Crippen LogP) is 15.0. The van der Waals surface area contributed by atoms with Gasteiger partial charge in [-0.3, -0.25) is 15.1 Å². The Balaban J connectivity index is 1.14. The summed E-state index contributed by atoms with van der Waals surface area (Å²) in [6.45, 7) is 4.66. The Morgan fingerprint density at radius 1 is 0.587 bits per heavy atom. The van der Waals surface area contributed by atoms with E-state index in [9.17, 15) is 49.6 Å². The van der Waals surface area contributed by atoms with Crippen LogP contribution in [-0.2, 0) is 19.4 Å². The number of hydrogen-bond acceptors (Lipinski definition) is 4. The Morgan fingerprint density at radius 2 is 1.02 bits per heavy atom. The molecule has 5 aromatic carbocycles. The van der Waals surface area contributed by atoms with Crippen molar-refractivity contribution in [1.29, 1.82) is 0 Å². The van der Waals surface area contributed by atoms with E-state index >= 15 is 0 Å². The number of benzene rings is 5. The van der Waals surface area contributed by atoms with E-state index in [2.05, 4.69) is 10.3 Å². The van der Waals surface area contributed by atoms with Crippen LogP contribution in [-0.4, -0.2) is 40.4 Å². The summed E-state index contributed by atoms with van der Waals surface area (Å²) in [6, 6.07) is 33.9. The highest BCUT2D eigenvalue weighted by Gasteiger charge is 2.81. The lowest BCUT2D eigenvalue weighted by molar-refractivity contribution is -0.396. The SMILES string of the molecule is CCCN(Cc1ccc(CCC(F)(F)C(F)(F)C(F)(F)C(F)(F)F)cc1)N=Nc1ccc(/C=C/c2ccc(/C=C/c3ccc(/C=C/c4ccc([N+](=O)[O-])cc4)cc3)cc2)cc1CC. The van der Waals surface area contributed by atoms with Gasteiger partial charge < -0.3 is 0 Å². The first-order chi connectivity index (χ1) is 29.8. The Kier molecular flexibility index (Phi) is 15.5. The second-order valence-electron chi connectivity index (χ2n) is 14.7. The quantitative estimate of drug-likeness (QED) is 0.0273. The van der Waals surface area contributed by atoms with Gasteiger partial charge in [0.1, 0.15) is 0 Å². The molecule has 0 amide bonds. The number of alkyl halides is 9. The Morgan fingerprint density at radius 3 is 1.44 bits per heavy atom. The van der Waals surface area contributed by atoms with Gasteiger partial charge in [-0.25, -0.2) is 0 Å². The van der Waals surface area contributed by atoms with Crippen molar-refractivity contribution >= 4 is 47.8 Å². The van der Waals surface area contributed by atoms with Crippen LogP contribution in [0.15, 0.2) is 126 Å². The molecule has 63 heavy (non-hydrogen) atoms. The zero-order chi connectivity index (χ0) is 45.8. The van der Waals surface area contributed by atoms with Crippen LogP contribution in [0.4, 0.5) is 50.9 Å². The minimum Gasteiger partial charge on any atom is -0.274 e. The van der Waals surface area contributed by atoms with Crippen molar-refractivity contribution in [3.05, 3.63) is 175 Å². The van der Waals surface area contributed by atoms with E-state index in [4.69, 9.17) is 0 Å². The highest BCUT2D eigenvalue weighted by Crippen LogP contribution is 2.54. The third-order valence-electron chi connectivity index (χ3n) is 9.95. The van der Waals surface area contributed by atoms with Gasteiger partial charge in [-0.15, -0.1) is 5.11 Å². The topological polar surface area (TPSA) is 71.1 Å². The third kappa shape index (κ3) is 12.5. The summed E-state index contributed by atoms with van der Waals surface area (Å²) in [5.41, 5.74) is 8.24. The second-order valence-corrected chi connectivity index (χ2v) is 14.7. The summed E-state index contributed by atoms with van der Waals surface area (Å²) >= 11 is 0. The molecule has 0 heterocycles. The Bertz CT molecular complexity index is 2410. The van der Waals surface area contributed by atoms with Crippen LogP contribution < -0.4 is 0 Å². The minimum absolute atomic E-state index is 0.0499. The van der Waals surface area contributed by atoms with Crippen LogP contribution in [0.3, 0.4) is 0 Å². The number of halogens is 9. The standard InChI is InChI=1S/C48H43F9N4O2/c1-3-31-60(33-41-21-18-39(19-22-41)29-30-45(49,50)46(51,52)47(53,54)48(55,56)57)59-58-44-28-25-40(32-42(44)4-2)20-17-37-13-11-35(12-14-37)6-5-34-7-9-36(10-8-34)15-16-38-23-26-43(27-24-38)61(62)63/h5-28,32H,3-4,29-31,33H2,1-2H3/b6-5+,16-15+,20-17+,59-58?. The lowest BCUT2D eigenvalue weighted by Gasteiger charge is -2.33. The van der Waals surface area contributed by atoms with Gasteiger partial charge in [0, 0.05) is 25.1 Å². The van der Waals surface area contributed by atoms with Gasteiger partial charge in [0.05, 0.1) is 17.2 Å². The van der Waals surface area contributed by atoms with Crippen LogP contribution in [0, 0.1) is 10.1 Å². The van der Waals surface area contributed by atoms with Crippen molar-refractivity contribution in [2.75, 3.05) is 6.54 Å². The molecule has 5 rings (SSSR count). The van der Waals surface area contributed by atoms with E-state index in [1.807, 2.05) is 117 Å². The number of hydrogen-bond donors (Lipinski definition) is 0. The molecular weight excluding hydrogens is 836 g/mol. The van der Waals surface area contributed by atoms with E-state index < -0.39 is 41.7 Å². The fraction of sp³-hybridized carbons (Fsp3) is 0.250. The number of non-ortho nitro benzene ring substituents is 1. The number of nitrogens with zero attached hydrogens (tertiary/aromatic N) is 4. The van der Waals surface area contributed by atoms with E-state index in [0.29, 0.717) is 30.6 Å². The van der Waals surface area contributed by atoms with Gasteiger partial charge in [0.2, 0.25) is 0 Å². The molecule has 0 N–H and O–H groups in total. The summed E-state index contributed by atoms with van der Waals surface area (Å²) in [4.78, 5) is 10.4. The summed E-state index contributed by atoms with van der Waals surface area (Å²) in [5, 5.41) is 21.4. The van der Waals surface area contributed by atoms with Gasteiger partial charge in [0.25, 0.3) is 5.69 Å². The molecule has 0 fully saturated rings. The first-order valence-electron chi connectivity index (χ1n) is 19.9. The molecule has 0 saturated heterocycles. The van der Waals surface area contributed by atoms with Crippen LogP contribution in [0.2, 0.25) is 0 Å². The van der Waals surface area contributed by atoms with Crippen molar-refractivity contribution < 1.29 is 44.4 Å². The fourth-order valence-corrected chi connectivity index (χ4v) is 6.22. The predicted molar refractivity (Wildman–Crippen MR) is 229 cm³/mol. The number of rotatable bonds is 19. The van der Waals surface area contributed by atoms with Gasteiger partial charge in [-0.1, -0.05) is 134 Å². The van der Waals surface area contributed by atoms with Crippen molar-refractivity contribution in [1.82, 2.24) is 5.01 Å². The zero-order valence-corrected chi connectivity index (χ0v) is 34.2. The van der Waals surface area contributed by atoms with Crippen LogP contribution in [0.5, 0.6) is 0 Å². The number of aryl methyl sites for hydroxylation is 2. The highest BCUT2D eigenvalue weighted by molar-refractivity contribution is 5.75. The van der Waals surface area contributed by atoms with E-state index in [1.165, 1.54) is 36.4 Å². The molecular formula is C48H43F9N4O2. The maximum atomic E-state index is 14.0. The van der Waals surface area contributed by atoms with Gasteiger partial charge in [-0.05, 0) is 93.6 Å². The normalized spacial score (nSPS) is 12.9. The van der Waals surface area contributed by atoms with Crippen molar-refractivity contribution in [2.45, 2.75) is 70.0 Å². The van der Waals surface area contributed by atoms with Crippen LogP contribution in [0.25, 0.3) is 36.5 Å². The molecule has 0 aliphatic carbocycles.